The number of amides is 1. The van der Waals surface area contributed by atoms with Gasteiger partial charge >= 0.3 is 0 Å². The van der Waals surface area contributed by atoms with Gasteiger partial charge in [-0.1, -0.05) is 6.08 Å². The van der Waals surface area contributed by atoms with Gasteiger partial charge in [0.2, 0.25) is 5.91 Å². The van der Waals surface area contributed by atoms with Crippen LogP contribution < -0.4 is 5.32 Å². The summed E-state index contributed by atoms with van der Waals surface area (Å²) < 4.78 is 0. The first-order valence-corrected chi connectivity index (χ1v) is 4.96. The first-order chi connectivity index (χ1) is 6.37. The predicted molar refractivity (Wildman–Crippen MR) is 60.2 cm³/mol. The molecule has 0 spiro atoms. The molecule has 0 rings (SSSR count). The molecule has 0 aromatic rings. The van der Waals surface area contributed by atoms with Crippen LogP contribution >= 0.6 is 0 Å². The van der Waals surface area contributed by atoms with E-state index in [0.717, 1.165) is 6.54 Å². The van der Waals surface area contributed by atoms with E-state index < -0.39 is 0 Å². The van der Waals surface area contributed by atoms with Gasteiger partial charge in [0.15, 0.2) is 0 Å². The van der Waals surface area contributed by atoms with Crippen molar-refractivity contribution >= 4 is 5.91 Å². The molecule has 3 heteroatoms. The molecular formula is C11H22N2O. The Morgan fingerprint density at radius 1 is 1.50 bits per heavy atom. The maximum atomic E-state index is 11.5. The Bertz CT molecular complexity index is 194. The summed E-state index contributed by atoms with van der Waals surface area (Å²) in [5.41, 5.74) is 0.0806. The zero-order valence-corrected chi connectivity index (χ0v) is 9.76. The molecule has 1 N–H and O–H groups in total. The van der Waals surface area contributed by atoms with E-state index in [1.165, 1.54) is 0 Å². The maximum absolute atomic E-state index is 11.5. The summed E-state index contributed by atoms with van der Waals surface area (Å²) in [4.78, 5) is 13.1. The van der Waals surface area contributed by atoms with Gasteiger partial charge in [0.1, 0.15) is 0 Å². The lowest BCUT2D eigenvalue weighted by Crippen LogP contribution is -2.38. The molecule has 0 unspecified atom stereocenters. The molecule has 0 bridgehead atoms. The Morgan fingerprint density at radius 2 is 2.07 bits per heavy atom. The minimum atomic E-state index is 0.0806. The van der Waals surface area contributed by atoms with E-state index in [-0.39, 0.29) is 11.4 Å². The number of likely N-dealkylation sites (N-methyl/N-ethyl adjacent to an activating group) is 1. The van der Waals surface area contributed by atoms with Crippen LogP contribution in [0.25, 0.3) is 0 Å². The zero-order chi connectivity index (χ0) is 11.2. The monoisotopic (exact) mass is 198 g/mol. The van der Waals surface area contributed by atoms with Crippen molar-refractivity contribution in [2.24, 2.45) is 0 Å². The third-order valence-corrected chi connectivity index (χ3v) is 1.82. The molecular weight excluding hydrogens is 176 g/mol. The van der Waals surface area contributed by atoms with Crippen LogP contribution in [0.15, 0.2) is 12.7 Å². The third-order valence-electron chi connectivity index (χ3n) is 1.82. The van der Waals surface area contributed by atoms with E-state index in [2.05, 4.69) is 32.7 Å². The fourth-order valence-corrected chi connectivity index (χ4v) is 1.03. The average Bonchev–Trinajstić information content (AvgIpc) is 2.02. The number of carbonyl (C=O) groups is 1. The van der Waals surface area contributed by atoms with Crippen LogP contribution in [0.5, 0.6) is 0 Å². The van der Waals surface area contributed by atoms with Crippen molar-refractivity contribution in [3.05, 3.63) is 12.7 Å². The molecule has 14 heavy (non-hydrogen) atoms. The lowest BCUT2D eigenvalue weighted by atomic mass is 10.1. The minimum absolute atomic E-state index is 0.0806. The Labute approximate surface area is 87.2 Å². The van der Waals surface area contributed by atoms with Crippen LogP contribution in [-0.2, 0) is 4.79 Å². The maximum Gasteiger partial charge on any atom is 0.223 e. The largest absolute Gasteiger partial charge is 0.342 e. The molecule has 0 aromatic heterocycles. The van der Waals surface area contributed by atoms with Gasteiger partial charge in [-0.3, -0.25) is 4.79 Å². The van der Waals surface area contributed by atoms with Gasteiger partial charge in [-0.25, -0.2) is 0 Å². The van der Waals surface area contributed by atoms with Crippen molar-refractivity contribution in [3.8, 4) is 0 Å². The van der Waals surface area contributed by atoms with Gasteiger partial charge in [0, 0.05) is 32.1 Å². The SMILES string of the molecule is C=CCN(C)C(=O)CCNC(C)(C)C. The molecule has 3 nitrogen and oxygen atoms in total. The normalized spacial score (nSPS) is 11.1. The van der Waals surface area contributed by atoms with Gasteiger partial charge in [-0.2, -0.15) is 0 Å². The fourth-order valence-electron chi connectivity index (χ4n) is 1.03. The number of hydrogen-bond donors (Lipinski definition) is 1. The highest BCUT2D eigenvalue weighted by Gasteiger charge is 2.11. The Balaban J connectivity index is 3.69. The number of nitrogens with zero attached hydrogens (tertiary/aromatic N) is 1. The Morgan fingerprint density at radius 3 is 2.50 bits per heavy atom. The summed E-state index contributed by atoms with van der Waals surface area (Å²) in [5, 5.41) is 3.28. The molecule has 0 fully saturated rings. The molecule has 0 saturated heterocycles. The van der Waals surface area contributed by atoms with E-state index in [4.69, 9.17) is 0 Å². The minimum Gasteiger partial charge on any atom is -0.342 e. The molecule has 0 aliphatic rings. The van der Waals surface area contributed by atoms with Crippen LogP contribution in [0, 0.1) is 0 Å². The molecule has 0 aliphatic heterocycles. The van der Waals surface area contributed by atoms with Crippen LogP contribution in [-0.4, -0.2) is 36.5 Å². The van der Waals surface area contributed by atoms with Gasteiger partial charge < -0.3 is 10.2 Å². The topological polar surface area (TPSA) is 32.3 Å². The summed E-state index contributed by atoms with van der Waals surface area (Å²) in [5.74, 6) is 0.154. The van der Waals surface area contributed by atoms with Gasteiger partial charge in [0.25, 0.3) is 0 Å². The van der Waals surface area contributed by atoms with E-state index in [1.54, 1.807) is 18.0 Å². The quantitative estimate of drug-likeness (QED) is 0.677. The highest BCUT2D eigenvalue weighted by Crippen LogP contribution is 1.98. The molecule has 1 amide bonds. The summed E-state index contributed by atoms with van der Waals surface area (Å²) in [6.07, 6.45) is 2.27. The molecule has 0 aromatic carbocycles. The number of carbonyl (C=O) groups excluding carboxylic acids is 1. The van der Waals surface area contributed by atoms with Crippen LogP contribution in [0.4, 0.5) is 0 Å². The molecule has 0 atom stereocenters. The summed E-state index contributed by atoms with van der Waals surface area (Å²) in [6.45, 7) is 11.2. The van der Waals surface area contributed by atoms with Gasteiger partial charge in [0.05, 0.1) is 0 Å². The predicted octanol–water partition coefficient (Wildman–Crippen LogP) is 1.41. The molecule has 0 radical (unpaired) electrons. The summed E-state index contributed by atoms with van der Waals surface area (Å²) in [7, 11) is 1.79. The van der Waals surface area contributed by atoms with Crippen molar-refractivity contribution in [1.82, 2.24) is 10.2 Å². The highest BCUT2D eigenvalue weighted by molar-refractivity contribution is 5.76. The number of nitrogens with one attached hydrogen (secondary N) is 1. The number of hydrogen-bond acceptors (Lipinski definition) is 2. The Hall–Kier alpha value is -0.830. The van der Waals surface area contributed by atoms with Crippen molar-refractivity contribution in [1.29, 1.82) is 0 Å². The van der Waals surface area contributed by atoms with Crippen LogP contribution in [0.1, 0.15) is 27.2 Å². The average molecular weight is 198 g/mol. The standard InChI is InChI=1S/C11H22N2O/c1-6-9-13(5)10(14)7-8-12-11(2,3)4/h6,12H,1,7-9H2,2-5H3. The second-order valence-corrected chi connectivity index (χ2v) is 4.49. The van der Waals surface area contributed by atoms with Gasteiger partial charge in [-0.15, -0.1) is 6.58 Å². The van der Waals surface area contributed by atoms with Crippen LogP contribution in [0.3, 0.4) is 0 Å². The smallest absolute Gasteiger partial charge is 0.223 e. The lowest BCUT2D eigenvalue weighted by Gasteiger charge is -2.21. The fraction of sp³-hybridized carbons (Fsp3) is 0.727. The highest BCUT2D eigenvalue weighted by atomic mass is 16.2. The molecule has 0 saturated carbocycles. The third kappa shape index (κ3) is 6.66. The summed E-state index contributed by atoms with van der Waals surface area (Å²) in [6, 6.07) is 0. The second-order valence-electron chi connectivity index (χ2n) is 4.49. The second kappa shape index (κ2) is 5.81. The zero-order valence-electron chi connectivity index (χ0n) is 9.76. The van der Waals surface area contributed by atoms with Crippen molar-refractivity contribution in [2.75, 3.05) is 20.1 Å². The van der Waals surface area contributed by atoms with Crippen molar-refractivity contribution in [2.45, 2.75) is 32.7 Å². The van der Waals surface area contributed by atoms with Crippen molar-refractivity contribution < 1.29 is 4.79 Å². The molecule has 0 aliphatic carbocycles. The first-order valence-electron chi connectivity index (χ1n) is 4.96. The number of rotatable bonds is 5. The first kappa shape index (κ1) is 13.2. The Kier molecular flexibility index (Phi) is 5.46. The molecule has 0 heterocycles. The summed E-state index contributed by atoms with van der Waals surface area (Å²) >= 11 is 0. The lowest BCUT2D eigenvalue weighted by molar-refractivity contribution is -0.129. The van der Waals surface area contributed by atoms with Crippen LogP contribution in [0.2, 0.25) is 0 Å². The van der Waals surface area contributed by atoms with Crippen molar-refractivity contribution in [3.63, 3.8) is 0 Å². The van der Waals surface area contributed by atoms with Gasteiger partial charge in [-0.05, 0) is 20.8 Å². The van der Waals surface area contributed by atoms with E-state index in [1.807, 2.05) is 0 Å². The van der Waals surface area contributed by atoms with E-state index in [9.17, 15) is 4.79 Å². The van der Waals surface area contributed by atoms with E-state index >= 15 is 0 Å². The molecule has 82 valence electrons. The van der Waals surface area contributed by atoms with E-state index in [0.29, 0.717) is 13.0 Å².